The van der Waals surface area contributed by atoms with Crippen LogP contribution in [0.1, 0.15) is 25.0 Å². The molecule has 0 unspecified atom stereocenters. The molecule has 2 aromatic carbocycles. The quantitative estimate of drug-likeness (QED) is 0.828. The van der Waals surface area contributed by atoms with Crippen molar-refractivity contribution in [3.05, 3.63) is 65.5 Å². The van der Waals surface area contributed by atoms with Gasteiger partial charge in [0.25, 0.3) is 0 Å². The molecule has 0 saturated heterocycles. The molecule has 0 heterocycles. The summed E-state index contributed by atoms with van der Waals surface area (Å²) < 4.78 is 18.1. The van der Waals surface area contributed by atoms with E-state index in [1.165, 1.54) is 24.0 Å². The minimum atomic E-state index is -0.643. The van der Waals surface area contributed by atoms with Gasteiger partial charge in [-0.15, -0.1) is 0 Å². The number of hydrogen-bond donors (Lipinski definition) is 1. The topological polar surface area (TPSA) is 58.6 Å². The molecule has 2 aromatic rings. The maximum atomic E-state index is 13.0. The van der Waals surface area contributed by atoms with E-state index in [2.05, 4.69) is 5.32 Å². The van der Waals surface area contributed by atoms with Gasteiger partial charge in [-0.2, -0.15) is 0 Å². The number of nitrogens with one attached hydrogen (secondary N) is 1. The number of ether oxygens (including phenoxy) is 1. The number of nitrogens with zero attached hydrogens (tertiary/aromatic N) is 1. The molecule has 0 saturated carbocycles. The molecular formula is C20H23FN2O3. The Kier molecular flexibility index (Phi) is 6.72. The number of halogens is 1. The van der Waals surface area contributed by atoms with Gasteiger partial charge in [0.15, 0.2) is 0 Å². The standard InChI is InChI=1S/C20H23FN2O3/c1-14(20(25)22-12-16-6-10-19(26-3)11-7-16)23(15(2)24)13-17-4-8-18(21)9-5-17/h4-11,14H,12-13H2,1-3H3,(H,22,25)/t14-/m0/s1. The molecular weight excluding hydrogens is 335 g/mol. The van der Waals surface area contributed by atoms with E-state index in [-0.39, 0.29) is 24.2 Å². The van der Waals surface area contributed by atoms with E-state index in [4.69, 9.17) is 4.74 Å². The zero-order valence-corrected chi connectivity index (χ0v) is 15.2. The predicted octanol–water partition coefficient (Wildman–Crippen LogP) is 2.89. The lowest BCUT2D eigenvalue weighted by Crippen LogP contribution is -2.46. The summed E-state index contributed by atoms with van der Waals surface area (Å²) >= 11 is 0. The van der Waals surface area contributed by atoms with Crippen molar-refractivity contribution in [1.82, 2.24) is 10.2 Å². The van der Waals surface area contributed by atoms with Crippen LogP contribution in [-0.4, -0.2) is 29.9 Å². The summed E-state index contributed by atoms with van der Waals surface area (Å²) in [7, 11) is 1.59. The number of rotatable bonds is 7. The van der Waals surface area contributed by atoms with Crippen LogP contribution in [0.3, 0.4) is 0 Å². The van der Waals surface area contributed by atoms with Gasteiger partial charge >= 0.3 is 0 Å². The summed E-state index contributed by atoms with van der Waals surface area (Å²) in [6.45, 7) is 3.69. The molecule has 2 rings (SSSR count). The van der Waals surface area contributed by atoms with Gasteiger partial charge in [-0.3, -0.25) is 9.59 Å². The summed E-state index contributed by atoms with van der Waals surface area (Å²) in [4.78, 5) is 25.9. The Morgan fingerprint density at radius 3 is 2.19 bits per heavy atom. The summed E-state index contributed by atoms with van der Waals surface area (Å²) in [5.41, 5.74) is 1.69. The van der Waals surface area contributed by atoms with Gasteiger partial charge in [0.05, 0.1) is 7.11 Å². The second kappa shape index (κ2) is 8.99. The van der Waals surface area contributed by atoms with Gasteiger partial charge in [0.1, 0.15) is 17.6 Å². The first kappa shape index (κ1) is 19.4. The molecule has 1 N–H and O–H groups in total. The molecule has 0 bridgehead atoms. The van der Waals surface area contributed by atoms with E-state index in [1.54, 1.807) is 26.2 Å². The van der Waals surface area contributed by atoms with Crippen molar-refractivity contribution >= 4 is 11.8 Å². The number of benzene rings is 2. The van der Waals surface area contributed by atoms with E-state index in [0.29, 0.717) is 6.54 Å². The molecule has 0 aliphatic heterocycles. The summed E-state index contributed by atoms with van der Waals surface area (Å²) in [5, 5.41) is 2.83. The average molecular weight is 358 g/mol. The van der Waals surface area contributed by atoms with Crippen LogP contribution in [0.25, 0.3) is 0 Å². The van der Waals surface area contributed by atoms with E-state index >= 15 is 0 Å². The van der Waals surface area contributed by atoms with Crippen LogP contribution in [-0.2, 0) is 22.7 Å². The molecule has 0 aromatic heterocycles. The van der Waals surface area contributed by atoms with Crippen LogP contribution in [0.5, 0.6) is 5.75 Å². The first-order chi connectivity index (χ1) is 12.4. The highest BCUT2D eigenvalue weighted by Gasteiger charge is 2.23. The van der Waals surface area contributed by atoms with Crippen LogP contribution in [0.2, 0.25) is 0 Å². The number of carbonyl (C=O) groups excluding carboxylic acids is 2. The fourth-order valence-electron chi connectivity index (χ4n) is 2.53. The monoisotopic (exact) mass is 358 g/mol. The molecule has 2 amide bonds. The van der Waals surface area contributed by atoms with Crippen molar-refractivity contribution in [2.24, 2.45) is 0 Å². The zero-order valence-electron chi connectivity index (χ0n) is 15.2. The first-order valence-corrected chi connectivity index (χ1v) is 8.33. The lowest BCUT2D eigenvalue weighted by molar-refractivity contribution is -0.139. The van der Waals surface area contributed by atoms with Crippen LogP contribution >= 0.6 is 0 Å². The molecule has 26 heavy (non-hydrogen) atoms. The molecule has 0 fully saturated rings. The molecule has 0 aliphatic carbocycles. The van der Waals surface area contributed by atoms with Gasteiger partial charge < -0.3 is 15.0 Å². The van der Waals surface area contributed by atoms with E-state index in [0.717, 1.165) is 16.9 Å². The van der Waals surface area contributed by atoms with Crippen molar-refractivity contribution in [3.63, 3.8) is 0 Å². The molecule has 0 spiro atoms. The minimum absolute atomic E-state index is 0.221. The number of amides is 2. The fourth-order valence-corrected chi connectivity index (χ4v) is 2.53. The Labute approximate surface area is 152 Å². The average Bonchev–Trinajstić information content (AvgIpc) is 2.65. The van der Waals surface area contributed by atoms with Crippen LogP contribution < -0.4 is 10.1 Å². The van der Waals surface area contributed by atoms with Gasteiger partial charge in [-0.1, -0.05) is 24.3 Å². The fraction of sp³-hybridized carbons (Fsp3) is 0.300. The first-order valence-electron chi connectivity index (χ1n) is 8.33. The van der Waals surface area contributed by atoms with Crippen molar-refractivity contribution in [2.75, 3.05) is 7.11 Å². The van der Waals surface area contributed by atoms with Crippen LogP contribution in [0, 0.1) is 5.82 Å². The van der Waals surface area contributed by atoms with E-state index in [1.807, 2.05) is 24.3 Å². The molecule has 0 aliphatic rings. The molecule has 5 nitrogen and oxygen atoms in total. The van der Waals surface area contributed by atoms with Gasteiger partial charge in [-0.05, 0) is 42.3 Å². The van der Waals surface area contributed by atoms with Gasteiger partial charge in [0, 0.05) is 20.0 Å². The Bertz CT molecular complexity index is 745. The second-order valence-corrected chi connectivity index (χ2v) is 6.02. The number of methoxy groups -OCH3 is 1. The summed E-state index contributed by atoms with van der Waals surface area (Å²) in [6.07, 6.45) is 0. The van der Waals surface area contributed by atoms with Gasteiger partial charge in [-0.25, -0.2) is 4.39 Å². The normalized spacial score (nSPS) is 11.5. The van der Waals surface area contributed by atoms with Crippen molar-refractivity contribution in [3.8, 4) is 5.75 Å². The highest BCUT2D eigenvalue weighted by atomic mass is 19.1. The summed E-state index contributed by atoms with van der Waals surface area (Å²) in [5.74, 6) is -0.0662. The summed E-state index contributed by atoms with van der Waals surface area (Å²) in [6, 6.07) is 12.6. The Morgan fingerprint density at radius 2 is 1.65 bits per heavy atom. The Balaban J connectivity index is 1.97. The molecule has 1 atom stereocenters. The number of hydrogen-bond acceptors (Lipinski definition) is 3. The Hall–Kier alpha value is -2.89. The van der Waals surface area contributed by atoms with Crippen LogP contribution in [0.4, 0.5) is 4.39 Å². The molecule has 0 radical (unpaired) electrons. The molecule has 138 valence electrons. The largest absolute Gasteiger partial charge is 0.497 e. The van der Waals surface area contributed by atoms with Gasteiger partial charge in [0.2, 0.25) is 11.8 Å². The maximum absolute atomic E-state index is 13.0. The third-order valence-electron chi connectivity index (χ3n) is 4.14. The lowest BCUT2D eigenvalue weighted by Gasteiger charge is -2.27. The predicted molar refractivity (Wildman–Crippen MR) is 96.9 cm³/mol. The van der Waals surface area contributed by atoms with E-state index < -0.39 is 6.04 Å². The SMILES string of the molecule is COc1ccc(CNC(=O)[C@H](C)N(Cc2ccc(F)cc2)C(C)=O)cc1. The highest BCUT2D eigenvalue weighted by molar-refractivity contribution is 5.86. The van der Waals surface area contributed by atoms with Crippen LogP contribution in [0.15, 0.2) is 48.5 Å². The third kappa shape index (κ3) is 5.31. The highest BCUT2D eigenvalue weighted by Crippen LogP contribution is 2.12. The smallest absolute Gasteiger partial charge is 0.242 e. The zero-order chi connectivity index (χ0) is 19.1. The van der Waals surface area contributed by atoms with Crippen molar-refractivity contribution in [1.29, 1.82) is 0 Å². The second-order valence-electron chi connectivity index (χ2n) is 6.02. The third-order valence-corrected chi connectivity index (χ3v) is 4.14. The van der Waals surface area contributed by atoms with E-state index in [9.17, 15) is 14.0 Å². The maximum Gasteiger partial charge on any atom is 0.242 e. The minimum Gasteiger partial charge on any atom is -0.497 e. The lowest BCUT2D eigenvalue weighted by atomic mass is 10.1. The Morgan fingerprint density at radius 1 is 1.08 bits per heavy atom. The number of carbonyl (C=O) groups is 2. The molecule has 6 heteroatoms. The van der Waals surface area contributed by atoms with Crippen molar-refractivity contribution < 1.29 is 18.7 Å². The van der Waals surface area contributed by atoms with Crippen molar-refractivity contribution in [2.45, 2.75) is 33.0 Å².